The Bertz CT molecular complexity index is 620. The first-order chi connectivity index (χ1) is 9.84. The molecule has 0 bridgehead atoms. The summed E-state index contributed by atoms with van der Waals surface area (Å²) in [7, 11) is -2.06. The molecule has 1 saturated carbocycles. The Balaban J connectivity index is 2.16. The molecule has 2 rings (SSSR count). The van der Waals surface area contributed by atoms with E-state index >= 15 is 0 Å². The lowest BCUT2D eigenvalue weighted by Crippen LogP contribution is -2.39. The van der Waals surface area contributed by atoms with Gasteiger partial charge in [-0.15, -0.1) is 0 Å². The second kappa shape index (κ2) is 6.25. The number of rotatable bonds is 6. The number of ketones is 1. The number of aliphatic hydroxyl groups is 1. The molecule has 0 atom stereocenters. The maximum absolute atomic E-state index is 12.5. The predicted octanol–water partition coefficient (Wildman–Crippen LogP) is 1.67. The smallest absolute Gasteiger partial charge is 0.242 e. The van der Waals surface area contributed by atoms with E-state index in [2.05, 4.69) is 0 Å². The van der Waals surface area contributed by atoms with Gasteiger partial charge in [-0.3, -0.25) is 4.79 Å². The van der Waals surface area contributed by atoms with E-state index in [1.165, 1.54) is 23.5 Å². The van der Waals surface area contributed by atoms with E-state index in [1.807, 2.05) is 0 Å². The summed E-state index contributed by atoms with van der Waals surface area (Å²) >= 11 is 0. The highest BCUT2D eigenvalue weighted by Gasteiger charge is 2.31. The van der Waals surface area contributed by atoms with E-state index in [-0.39, 0.29) is 22.7 Å². The largest absolute Gasteiger partial charge is 0.393 e. The van der Waals surface area contributed by atoms with E-state index in [1.54, 1.807) is 19.1 Å². The molecule has 0 amide bonds. The van der Waals surface area contributed by atoms with Crippen molar-refractivity contribution >= 4 is 15.8 Å². The molecular weight excluding hydrogens is 290 g/mol. The van der Waals surface area contributed by atoms with Gasteiger partial charge in [-0.05, 0) is 30.9 Å². The van der Waals surface area contributed by atoms with Crippen molar-refractivity contribution < 1.29 is 18.3 Å². The molecule has 0 radical (unpaired) electrons. The molecule has 6 heteroatoms. The summed E-state index contributed by atoms with van der Waals surface area (Å²) in [5.41, 5.74) is 0.422. The minimum atomic E-state index is -3.59. The van der Waals surface area contributed by atoms with Gasteiger partial charge in [0.05, 0.1) is 11.0 Å². The Morgan fingerprint density at radius 2 is 2.05 bits per heavy atom. The van der Waals surface area contributed by atoms with Gasteiger partial charge in [0.25, 0.3) is 0 Å². The number of hydrogen-bond donors (Lipinski definition) is 1. The van der Waals surface area contributed by atoms with Crippen LogP contribution in [0.2, 0.25) is 0 Å². The summed E-state index contributed by atoms with van der Waals surface area (Å²) < 4.78 is 26.3. The third kappa shape index (κ3) is 3.51. The van der Waals surface area contributed by atoms with Crippen LogP contribution in [0, 0.1) is 5.92 Å². The Morgan fingerprint density at radius 1 is 1.38 bits per heavy atom. The van der Waals surface area contributed by atoms with Crippen LogP contribution in [0.1, 0.15) is 36.5 Å². The van der Waals surface area contributed by atoms with Gasteiger partial charge in [-0.25, -0.2) is 12.7 Å². The van der Waals surface area contributed by atoms with Crippen molar-refractivity contribution in [2.24, 2.45) is 5.92 Å². The number of aliphatic hydroxyl groups excluding tert-OH is 1. The van der Waals surface area contributed by atoms with Crippen LogP contribution in [0.5, 0.6) is 0 Å². The summed E-state index contributed by atoms with van der Waals surface area (Å²) in [5, 5.41) is 9.27. The van der Waals surface area contributed by atoms with Crippen LogP contribution in [0.4, 0.5) is 0 Å². The molecule has 5 nitrogen and oxygen atoms in total. The predicted molar refractivity (Wildman–Crippen MR) is 79.6 cm³/mol. The molecule has 0 saturated heterocycles. The van der Waals surface area contributed by atoms with Crippen molar-refractivity contribution in [2.45, 2.75) is 37.2 Å². The Kier molecular flexibility index (Phi) is 4.81. The van der Waals surface area contributed by atoms with Crippen LogP contribution in [0.25, 0.3) is 0 Å². The zero-order chi connectivity index (χ0) is 15.6. The third-order valence-electron chi connectivity index (χ3n) is 3.91. The summed E-state index contributed by atoms with van der Waals surface area (Å²) in [4.78, 5) is 11.8. The first-order valence-corrected chi connectivity index (χ1v) is 8.56. The van der Waals surface area contributed by atoms with Crippen LogP contribution in [-0.4, -0.2) is 43.3 Å². The van der Waals surface area contributed by atoms with Gasteiger partial charge in [0, 0.05) is 25.6 Å². The van der Waals surface area contributed by atoms with Gasteiger partial charge in [0.15, 0.2) is 5.78 Å². The van der Waals surface area contributed by atoms with Crippen LogP contribution in [0.3, 0.4) is 0 Å². The molecule has 0 spiro atoms. The van der Waals surface area contributed by atoms with E-state index in [0.29, 0.717) is 31.4 Å². The lowest BCUT2D eigenvalue weighted by atomic mass is 9.82. The number of benzene rings is 1. The Morgan fingerprint density at radius 3 is 2.62 bits per heavy atom. The quantitative estimate of drug-likeness (QED) is 0.811. The van der Waals surface area contributed by atoms with E-state index in [0.717, 1.165) is 0 Å². The summed E-state index contributed by atoms with van der Waals surface area (Å²) in [6.07, 6.45) is 1.35. The SMILES string of the molecule is CCC(=O)c1cccc(S(=O)(=O)N(C)CC2CC(O)C2)c1. The maximum Gasteiger partial charge on any atom is 0.242 e. The van der Waals surface area contributed by atoms with Crippen LogP contribution in [0.15, 0.2) is 29.2 Å². The number of carbonyl (C=O) groups excluding carboxylic acids is 1. The molecule has 116 valence electrons. The topological polar surface area (TPSA) is 74.7 Å². The fourth-order valence-corrected chi connectivity index (χ4v) is 3.82. The molecule has 0 aliphatic heterocycles. The molecule has 0 heterocycles. The summed E-state index contributed by atoms with van der Waals surface area (Å²) in [6.45, 7) is 2.14. The number of Topliss-reactive ketones (excluding diaryl/α,β-unsaturated/α-hetero) is 1. The molecule has 1 aromatic rings. The van der Waals surface area contributed by atoms with E-state index < -0.39 is 10.0 Å². The van der Waals surface area contributed by atoms with Gasteiger partial charge in [0.2, 0.25) is 10.0 Å². The number of hydrogen-bond acceptors (Lipinski definition) is 4. The van der Waals surface area contributed by atoms with Crippen molar-refractivity contribution in [1.82, 2.24) is 4.31 Å². The second-order valence-corrected chi connectivity index (χ2v) is 7.63. The lowest BCUT2D eigenvalue weighted by molar-refractivity contribution is 0.0367. The molecule has 1 N–H and O–H groups in total. The molecule has 0 unspecified atom stereocenters. The molecule has 1 fully saturated rings. The van der Waals surface area contributed by atoms with Gasteiger partial charge < -0.3 is 5.11 Å². The normalized spacial score (nSPS) is 22.1. The molecule has 1 aliphatic carbocycles. The maximum atomic E-state index is 12.5. The number of sulfonamides is 1. The number of nitrogens with zero attached hydrogens (tertiary/aromatic N) is 1. The van der Waals surface area contributed by atoms with Crippen molar-refractivity contribution in [3.8, 4) is 0 Å². The van der Waals surface area contributed by atoms with Crippen LogP contribution >= 0.6 is 0 Å². The van der Waals surface area contributed by atoms with Crippen molar-refractivity contribution in [3.05, 3.63) is 29.8 Å². The van der Waals surface area contributed by atoms with Crippen LogP contribution in [-0.2, 0) is 10.0 Å². The molecular formula is C15H21NO4S. The molecule has 1 aromatic carbocycles. The molecule has 0 aromatic heterocycles. The second-order valence-electron chi connectivity index (χ2n) is 5.58. The number of carbonyl (C=O) groups is 1. The standard InChI is InChI=1S/C15H21NO4S/c1-3-15(18)12-5-4-6-14(9-12)21(19,20)16(2)10-11-7-13(17)8-11/h4-6,9,11,13,17H,3,7-8,10H2,1-2H3. The highest BCUT2D eigenvalue weighted by atomic mass is 32.2. The van der Waals surface area contributed by atoms with Crippen LogP contribution < -0.4 is 0 Å². The highest BCUT2D eigenvalue weighted by Crippen LogP contribution is 2.29. The molecule has 21 heavy (non-hydrogen) atoms. The lowest BCUT2D eigenvalue weighted by Gasteiger charge is -2.34. The van der Waals surface area contributed by atoms with Crippen molar-refractivity contribution in [3.63, 3.8) is 0 Å². The zero-order valence-corrected chi connectivity index (χ0v) is 13.1. The Labute approximate surface area is 125 Å². The zero-order valence-electron chi connectivity index (χ0n) is 12.3. The van der Waals surface area contributed by atoms with E-state index in [4.69, 9.17) is 0 Å². The van der Waals surface area contributed by atoms with Gasteiger partial charge in [0.1, 0.15) is 0 Å². The fourth-order valence-electron chi connectivity index (χ4n) is 2.53. The van der Waals surface area contributed by atoms with Crippen molar-refractivity contribution in [1.29, 1.82) is 0 Å². The van der Waals surface area contributed by atoms with Crippen molar-refractivity contribution in [2.75, 3.05) is 13.6 Å². The Hall–Kier alpha value is -1.24. The first-order valence-electron chi connectivity index (χ1n) is 7.12. The molecule has 1 aliphatic rings. The monoisotopic (exact) mass is 311 g/mol. The van der Waals surface area contributed by atoms with E-state index in [9.17, 15) is 18.3 Å². The minimum absolute atomic E-state index is 0.0724. The first kappa shape index (κ1) is 16.1. The average molecular weight is 311 g/mol. The van der Waals surface area contributed by atoms with Gasteiger partial charge in [-0.2, -0.15) is 0 Å². The summed E-state index contributed by atoms with van der Waals surface area (Å²) in [5.74, 6) is 0.136. The highest BCUT2D eigenvalue weighted by molar-refractivity contribution is 7.89. The van der Waals surface area contributed by atoms with Gasteiger partial charge in [-0.1, -0.05) is 19.1 Å². The fraction of sp³-hybridized carbons (Fsp3) is 0.533. The van der Waals surface area contributed by atoms with Gasteiger partial charge >= 0.3 is 0 Å². The summed E-state index contributed by atoms with van der Waals surface area (Å²) in [6, 6.07) is 6.17. The third-order valence-corrected chi connectivity index (χ3v) is 5.73. The minimum Gasteiger partial charge on any atom is -0.393 e. The average Bonchev–Trinajstić information content (AvgIpc) is 2.44.